The molecule has 2 saturated heterocycles. The fourth-order valence-corrected chi connectivity index (χ4v) is 5.57. The summed E-state index contributed by atoms with van der Waals surface area (Å²) in [5.41, 5.74) is 1.49. The molecular formula is C26H26F3N3O3. The van der Waals surface area contributed by atoms with Crippen LogP contribution in [0.25, 0.3) is 0 Å². The molecule has 3 aliphatic heterocycles. The van der Waals surface area contributed by atoms with Crippen molar-refractivity contribution in [2.24, 2.45) is 11.8 Å². The summed E-state index contributed by atoms with van der Waals surface area (Å²) in [6, 6.07) is 12.6. The van der Waals surface area contributed by atoms with E-state index in [0.717, 1.165) is 23.4 Å². The molecule has 2 fully saturated rings. The van der Waals surface area contributed by atoms with Crippen LogP contribution in [0.3, 0.4) is 0 Å². The molecule has 3 heterocycles. The first-order chi connectivity index (χ1) is 16.7. The number of anilines is 1. The van der Waals surface area contributed by atoms with Gasteiger partial charge in [0.25, 0.3) is 0 Å². The van der Waals surface area contributed by atoms with E-state index in [2.05, 4.69) is 5.32 Å². The number of carbonyl (C=O) groups is 3. The maximum atomic E-state index is 13.1. The Bertz CT molecular complexity index is 1160. The number of alkyl halides is 3. The van der Waals surface area contributed by atoms with Gasteiger partial charge in [-0.1, -0.05) is 30.3 Å². The quantitative estimate of drug-likeness (QED) is 0.711. The largest absolute Gasteiger partial charge is 0.416 e. The Labute approximate surface area is 201 Å². The lowest BCUT2D eigenvalue weighted by molar-refractivity contribution is -0.138. The first-order valence-corrected chi connectivity index (χ1v) is 11.8. The van der Waals surface area contributed by atoms with Crippen molar-refractivity contribution in [1.29, 1.82) is 0 Å². The van der Waals surface area contributed by atoms with E-state index >= 15 is 0 Å². The van der Waals surface area contributed by atoms with Gasteiger partial charge in [0.05, 0.1) is 17.4 Å². The van der Waals surface area contributed by atoms with Crippen LogP contribution in [0.4, 0.5) is 18.9 Å². The Hall–Kier alpha value is -3.36. The number of para-hydroxylation sites is 1. The summed E-state index contributed by atoms with van der Waals surface area (Å²) in [5.74, 6) is -0.887. The molecule has 2 aromatic carbocycles. The maximum absolute atomic E-state index is 13.1. The number of piperidine rings is 1. The Balaban J connectivity index is 1.18. The third kappa shape index (κ3) is 4.63. The minimum absolute atomic E-state index is 0.00241. The van der Waals surface area contributed by atoms with Crippen molar-refractivity contribution in [2.75, 3.05) is 25.0 Å². The molecule has 0 bridgehead atoms. The van der Waals surface area contributed by atoms with E-state index in [4.69, 9.17) is 0 Å². The van der Waals surface area contributed by atoms with Crippen LogP contribution >= 0.6 is 0 Å². The van der Waals surface area contributed by atoms with Gasteiger partial charge in [-0.2, -0.15) is 13.2 Å². The molecular weight excluding hydrogens is 459 g/mol. The summed E-state index contributed by atoms with van der Waals surface area (Å²) in [4.78, 5) is 41.4. The molecule has 2 unspecified atom stereocenters. The fourth-order valence-electron chi connectivity index (χ4n) is 5.57. The normalized spacial score (nSPS) is 22.9. The summed E-state index contributed by atoms with van der Waals surface area (Å²) in [6.07, 6.45) is -2.98. The van der Waals surface area contributed by atoms with Crippen LogP contribution in [0, 0.1) is 11.8 Å². The molecule has 2 atom stereocenters. The van der Waals surface area contributed by atoms with Gasteiger partial charge in [-0.15, -0.1) is 0 Å². The molecule has 184 valence electrons. The highest BCUT2D eigenvalue weighted by atomic mass is 19.4. The van der Waals surface area contributed by atoms with E-state index in [-0.39, 0.29) is 49.1 Å². The second-order valence-corrected chi connectivity index (χ2v) is 9.59. The summed E-state index contributed by atoms with van der Waals surface area (Å²) < 4.78 is 39.0. The number of halogens is 3. The van der Waals surface area contributed by atoms with E-state index in [9.17, 15) is 27.6 Å². The molecule has 0 radical (unpaired) electrons. The molecule has 3 aliphatic rings. The monoisotopic (exact) mass is 485 g/mol. The SMILES string of the molecule is O=C1Nc2ccccc2C1C1CCN(C(=O)C2CC(=O)N(Cc3cccc(C(F)(F)F)c3)C2)CC1. The number of carbonyl (C=O) groups excluding carboxylic acids is 3. The zero-order chi connectivity index (χ0) is 24.7. The van der Waals surface area contributed by atoms with Crippen molar-refractivity contribution in [3.8, 4) is 0 Å². The fraction of sp³-hybridized carbons (Fsp3) is 0.423. The van der Waals surface area contributed by atoms with Gasteiger partial charge in [0.2, 0.25) is 17.7 Å². The predicted octanol–water partition coefficient (Wildman–Crippen LogP) is 4.03. The van der Waals surface area contributed by atoms with Gasteiger partial charge in [-0.25, -0.2) is 0 Å². The zero-order valence-corrected chi connectivity index (χ0v) is 19.1. The van der Waals surface area contributed by atoms with E-state index in [1.165, 1.54) is 11.0 Å². The Kier molecular flexibility index (Phi) is 6.02. The number of likely N-dealkylation sites (tertiary alicyclic amines) is 2. The van der Waals surface area contributed by atoms with Crippen LogP contribution in [0.5, 0.6) is 0 Å². The van der Waals surface area contributed by atoms with Crippen LogP contribution in [-0.4, -0.2) is 47.2 Å². The number of nitrogens with zero attached hydrogens (tertiary/aromatic N) is 2. The number of hydrogen-bond donors (Lipinski definition) is 1. The van der Waals surface area contributed by atoms with Gasteiger partial charge in [0, 0.05) is 38.3 Å². The molecule has 3 amide bonds. The van der Waals surface area contributed by atoms with Crippen molar-refractivity contribution in [3.63, 3.8) is 0 Å². The smallest absolute Gasteiger partial charge is 0.342 e. The average Bonchev–Trinajstić information content (AvgIpc) is 3.37. The van der Waals surface area contributed by atoms with Crippen molar-refractivity contribution < 1.29 is 27.6 Å². The lowest BCUT2D eigenvalue weighted by Gasteiger charge is -2.35. The predicted molar refractivity (Wildman–Crippen MR) is 122 cm³/mol. The number of rotatable bonds is 4. The van der Waals surface area contributed by atoms with Crippen LogP contribution in [-0.2, 0) is 27.1 Å². The van der Waals surface area contributed by atoms with Crippen molar-refractivity contribution >= 4 is 23.4 Å². The highest BCUT2D eigenvalue weighted by Gasteiger charge is 2.41. The van der Waals surface area contributed by atoms with Crippen LogP contribution in [0.15, 0.2) is 48.5 Å². The summed E-state index contributed by atoms with van der Waals surface area (Å²) in [5, 5.41) is 2.94. The molecule has 0 aromatic heterocycles. The van der Waals surface area contributed by atoms with E-state index in [1.54, 1.807) is 11.0 Å². The van der Waals surface area contributed by atoms with Crippen LogP contribution < -0.4 is 5.32 Å². The minimum atomic E-state index is -4.45. The maximum Gasteiger partial charge on any atom is 0.416 e. The van der Waals surface area contributed by atoms with Gasteiger partial charge in [0.15, 0.2) is 0 Å². The molecule has 1 N–H and O–H groups in total. The molecule has 35 heavy (non-hydrogen) atoms. The minimum Gasteiger partial charge on any atom is -0.342 e. The second-order valence-electron chi connectivity index (χ2n) is 9.59. The number of amides is 3. The van der Waals surface area contributed by atoms with Crippen molar-refractivity contribution in [3.05, 3.63) is 65.2 Å². The van der Waals surface area contributed by atoms with Gasteiger partial charge in [-0.3, -0.25) is 14.4 Å². The summed E-state index contributed by atoms with van der Waals surface area (Å²) in [6.45, 7) is 1.29. The summed E-state index contributed by atoms with van der Waals surface area (Å²) >= 11 is 0. The lowest BCUT2D eigenvalue weighted by atomic mass is 9.80. The molecule has 0 aliphatic carbocycles. The number of fused-ring (bicyclic) bond motifs is 1. The van der Waals surface area contributed by atoms with E-state index in [0.29, 0.717) is 31.5 Å². The standard InChI is InChI=1S/C26H26F3N3O3/c27-26(28,29)19-5-3-4-16(12-19)14-32-15-18(13-22(32)33)25(35)31-10-8-17(9-11-31)23-20-6-1-2-7-21(20)30-24(23)34/h1-7,12,17-18,23H,8-11,13-15H2,(H,30,34). The first kappa shape index (κ1) is 23.4. The van der Waals surface area contributed by atoms with Crippen LogP contribution in [0.2, 0.25) is 0 Å². The molecule has 6 nitrogen and oxygen atoms in total. The highest BCUT2D eigenvalue weighted by molar-refractivity contribution is 6.03. The summed E-state index contributed by atoms with van der Waals surface area (Å²) in [7, 11) is 0. The topological polar surface area (TPSA) is 69.7 Å². The highest BCUT2D eigenvalue weighted by Crippen LogP contribution is 2.41. The Morgan fingerprint density at radius 3 is 2.51 bits per heavy atom. The second kappa shape index (κ2) is 9.02. The van der Waals surface area contributed by atoms with Crippen LogP contribution in [0.1, 0.15) is 41.9 Å². The van der Waals surface area contributed by atoms with E-state index in [1.807, 2.05) is 24.3 Å². The number of hydrogen-bond acceptors (Lipinski definition) is 3. The average molecular weight is 486 g/mol. The first-order valence-electron chi connectivity index (χ1n) is 11.8. The van der Waals surface area contributed by atoms with Gasteiger partial charge < -0.3 is 15.1 Å². The van der Waals surface area contributed by atoms with Crippen molar-refractivity contribution in [2.45, 2.75) is 37.9 Å². The molecule has 0 saturated carbocycles. The molecule has 5 rings (SSSR count). The number of benzene rings is 2. The number of nitrogens with one attached hydrogen (secondary N) is 1. The lowest BCUT2D eigenvalue weighted by Crippen LogP contribution is -2.43. The molecule has 0 spiro atoms. The van der Waals surface area contributed by atoms with Gasteiger partial charge in [-0.05, 0) is 48.1 Å². The third-order valence-electron chi connectivity index (χ3n) is 7.35. The molecule has 2 aromatic rings. The van der Waals surface area contributed by atoms with Gasteiger partial charge in [0.1, 0.15) is 0 Å². The Morgan fingerprint density at radius 1 is 1.03 bits per heavy atom. The van der Waals surface area contributed by atoms with Crippen molar-refractivity contribution in [1.82, 2.24) is 9.80 Å². The van der Waals surface area contributed by atoms with Gasteiger partial charge >= 0.3 is 6.18 Å². The Morgan fingerprint density at radius 2 is 1.77 bits per heavy atom. The molecule has 9 heteroatoms. The zero-order valence-electron chi connectivity index (χ0n) is 19.1. The third-order valence-corrected chi connectivity index (χ3v) is 7.35. The van der Waals surface area contributed by atoms with E-state index < -0.39 is 17.7 Å².